The highest BCUT2D eigenvalue weighted by atomic mass is 17.5. The summed E-state index contributed by atoms with van der Waals surface area (Å²) in [4.78, 5) is 48.3. The van der Waals surface area contributed by atoms with Crippen molar-refractivity contribution >= 4 is 23.5 Å². The summed E-state index contributed by atoms with van der Waals surface area (Å²) >= 11 is 0. The Morgan fingerprint density at radius 2 is 1.08 bits per heavy atom. The van der Waals surface area contributed by atoms with Gasteiger partial charge in [-0.25, -0.2) is 9.59 Å². The van der Waals surface area contributed by atoms with Crippen molar-refractivity contribution < 1.29 is 34.0 Å². The molecule has 13 heavy (non-hydrogen) atoms. The van der Waals surface area contributed by atoms with E-state index in [2.05, 4.69) is 14.8 Å². The topological polar surface area (TPSA) is 96.0 Å². The molecule has 0 N–H and O–H groups in total. The molecule has 0 saturated carbocycles. The van der Waals surface area contributed by atoms with Gasteiger partial charge < -0.3 is 0 Å². The highest BCUT2D eigenvalue weighted by Gasteiger charge is 2.15. The molecule has 0 radical (unpaired) electrons. The van der Waals surface area contributed by atoms with Gasteiger partial charge in [-0.05, 0) is 0 Å². The minimum Gasteiger partial charge on any atom is -0.287 e. The average Bonchev–Trinajstić information content (AvgIpc) is 2.03. The van der Waals surface area contributed by atoms with Gasteiger partial charge in [0.05, 0.1) is 0 Å². The third kappa shape index (κ3) is 4.64. The van der Waals surface area contributed by atoms with Crippen LogP contribution in [0.3, 0.4) is 0 Å². The Bertz CT molecular complexity index is 228. The standard InChI is InChI=1S/C6H6O7/c1-3(7)5(9)11-13-12-6(10)4(2)8/h1-2H3. The second-order valence-corrected chi connectivity index (χ2v) is 1.92. The number of carbonyl (C=O) groups excluding carboxylic acids is 4. The Balaban J connectivity index is 3.69. The normalized spacial score (nSPS) is 8.77. The number of hydrogen-bond acceptors (Lipinski definition) is 7. The largest absolute Gasteiger partial charge is 0.412 e. The van der Waals surface area contributed by atoms with E-state index in [9.17, 15) is 19.2 Å². The van der Waals surface area contributed by atoms with E-state index in [4.69, 9.17) is 0 Å². The van der Waals surface area contributed by atoms with Crippen molar-refractivity contribution in [1.29, 1.82) is 0 Å². The molecule has 0 atom stereocenters. The zero-order valence-corrected chi connectivity index (χ0v) is 6.86. The van der Waals surface area contributed by atoms with Crippen molar-refractivity contribution in [2.45, 2.75) is 13.8 Å². The van der Waals surface area contributed by atoms with Crippen LogP contribution >= 0.6 is 0 Å². The van der Waals surface area contributed by atoms with Crippen molar-refractivity contribution in [3.05, 3.63) is 0 Å². The van der Waals surface area contributed by atoms with Crippen LogP contribution in [0.1, 0.15) is 13.8 Å². The molecule has 0 fully saturated rings. The van der Waals surface area contributed by atoms with Crippen LogP contribution in [0.15, 0.2) is 0 Å². The maximum Gasteiger partial charge on any atom is 0.412 e. The number of ketones is 2. The molecule has 0 heterocycles. The highest BCUT2D eigenvalue weighted by Crippen LogP contribution is 1.87. The van der Waals surface area contributed by atoms with Gasteiger partial charge in [-0.15, -0.1) is 0 Å². The Labute approximate surface area is 72.4 Å². The number of carbonyl (C=O) groups is 4. The maximum atomic E-state index is 10.3. The quantitative estimate of drug-likeness (QED) is 0.322. The smallest absolute Gasteiger partial charge is 0.287 e. The Morgan fingerprint density at radius 1 is 0.769 bits per heavy atom. The van der Waals surface area contributed by atoms with Crippen molar-refractivity contribution in [2.75, 3.05) is 0 Å². The summed E-state index contributed by atoms with van der Waals surface area (Å²) in [5.41, 5.74) is 0. The van der Waals surface area contributed by atoms with Gasteiger partial charge >= 0.3 is 11.9 Å². The highest BCUT2D eigenvalue weighted by molar-refractivity contribution is 6.32. The summed E-state index contributed by atoms with van der Waals surface area (Å²) < 4.78 is 0. The molecule has 7 heteroatoms. The van der Waals surface area contributed by atoms with Crippen LogP contribution < -0.4 is 0 Å². The minimum absolute atomic E-state index is 0.929. The zero-order valence-electron chi connectivity index (χ0n) is 6.86. The van der Waals surface area contributed by atoms with Gasteiger partial charge in [0.25, 0.3) is 0 Å². The lowest BCUT2D eigenvalue weighted by Crippen LogP contribution is -2.19. The first kappa shape index (κ1) is 11.2. The summed E-state index contributed by atoms with van der Waals surface area (Å²) in [6.45, 7) is 1.86. The predicted molar refractivity (Wildman–Crippen MR) is 34.6 cm³/mol. The molecule has 0 unspecified atom stereocenters. The van der Waals surface area contributed by atoms with E-state index in [1.165, 1.54) is 0 Å². The molecule has 0 aromatic rings. The van der Waals surface area contributed by atoms with Gasteiger partial charge in [0.2, 0.25) is 11.6 Å². The molecule has 0 amide bonds. The molecule has 0 aliphatic carbocycles. The third-order valence-corrected chi connectivity index (χ3v) is 0.794. The monoisotopic (exact) mass is 190 g/mol. The summed E-state index contributed by atoms with van der Waals surface area (Å²) in [5.74, 6) is -4.54. The lowest BCUT2D eigenvalue weighted by Gasteiger charge is -1.97. The summed E-state index contributed by atoms with van der Waals surface area (Å²) in [7, 11) is 0. The maximum absolute atomic E-state index is 10.3. The summed E-state index contributed by atoms with van der Waals surface area (Å²) in [5, 5.41) is 3.54. The Morgan fingerprint density at radius 3 is 1.31 bits per heavy atom. The third-order valence-electron chi connectivity index (χ3n) is 0.794. The molecule has 0 aliphatic heterocycles. The van der Waals surface area contributed by atoms with Gasteiger partial charge in [-0.3, -0.25) is 19.4 Å². The lowest BCUT2D eigenvalue weighted by atomic mass is 10.5. The first-order valence-electron chi connectivity index (χ1n) is 3.06. The van der Waals surface area contributed by atoms with Crippen molar-refractivity contribution in [3.63, 3.8) is 0 Å². The fraction of sp³-hybridized carbons (Fsp3) is 0.333. The molecule has 0 bridgehead atoms. The van der Waals surface area contributed by atoms with Crippen molar-refractivity contribution in [1.82, 2.24) is 0 Å². The lowest BCUT2D eigenvalue weighted by molar-refractivity contribution is -0.455. The first-order chi connectivity index (χ1) is 5.95. The Hall–Kier alpha value is -1.76. The molecule has 0 aromatic carbocycles. The van der Waals surface area contributed by atoms with E-state index in [1.54, 1.807) is 0 Å². The SMILES string of the molecule is CC(=O)C(=O)OOOC(=O)C(C)=O. The molecule has 0 aliphatic rings. The second kappa shape index (κ2) is 4.99. The fourth-order valence-electron chi connectivity index (χ4n) is 0.196. The summed E-state index contributed by atoms with van der Waals surface area (Å²) in [6.07, 6.45) is 0. The van der Waals surface area contributed by atoms with Gasteiger partial charge in [0, 0.05) is 18.9 Å². The molecular weight excluding hydrogens is 184 g/mol. The average molecular weight is 190 g/mol. The van der Waals surface area contributed by atoms with E-state index in [0.29, 0.717) is 0 Å². The molecule has 0 spiro atoms. The fourth-order valence-corrected chi connectivity index (χ4v) is 0.196. The van der Waals surface area contributed by atoms with Crippen LogP contribution in [0.5, 0.6) is 0 Å². The van der Waals surface area contributed by atoms with E-state index in [1.807, 2.05) is 0 Å². The molecule has 7 nitrogen and oxygen atoms in total. The van der Waals surface area contributed by atoms with Crippen LogP contribution in [0.4, 0.5) is 0 Å². The molecule has 0 saturated heterocycles. The van der Waals surface area contributed by atoms with Gasteiger partial charge in [0.1, 0.15) is 0 Å². The number of rotatable bonds is 4. The van der Waals surface area contributed by atoms with Gasteiger partial charge in [-0.1, -0.05) is 0 Å². The van der Waals surface area contributed by atoms with Crippen LogP contribution in [0.25, 0.3) is 0 Å². The predicted octanol–water partition coefficient (Wildman–Crippen LogP) is -0.903. The van der Waals surface area contributed by atoms with Crippen LogP contribution in [-0.2, 0) is 34.0 Å². The van der Waals surface area contributed by atoms with E-state index in [-0.39, 0.29) is 0 Å². The van der Waals surface area contributed by atoms with Crippen molar-refractivity contribution in [2.24, 2.45) is 0 Å². The van der Waals surface area contributed by atoms with Gasteiger partial charge in [0.15, 0.2) is 0 Å². The van der Waals surface area contributed by atoms with E-state index in [0.717, 1.165) is 13.8 Å². The Kier molecular flexibility index (Phi) is 4.31. The number of Topliss-reactive ketones (excluding diaryl/α,β-unsaturated/α-hetero) is 2. The van der Waals surface area contributed by atoms with Crippen LogP contribution in [-0.4, -0.2) is 23.5 Å². The molecule has 0 aromatic heterocycles. The second-order valence-electron chi connectivity index (χ2n) is 1.92. The van der Waals surface area contributed by atoms with Crippen LogP contribution in [0.2, 0.25) is 0 Å². The first-order valence-corrected chi connectivity index (χ1v) is 3.06. The van der Waals surface area contributed by atoms with Crippen molar-refractivity contribution in [3.8, 4) is 0 Å². The van der Waals surface area contributed by atoms with E-state index >= 15 is 0 Å². The summed E-state index contributed by atoms with van der Waals surface area (Å²) in [6, 6.07) is 0. The zero-order chi connectivity index (χ0) is 10.4. The molecular formula is C6H6O7. The molecule has 72 valence electrons. The van der Waals surface area contributed by atoms with Gasteiger partial charge in [-0.2, -0.15) is 0 Å². The number of hydrogen-bond donors (Lipinski definition) is 0. The van der Waals surface area contributed by atoms with Crippen LogP contribution in [0, 0.1) is 0 Å². The minimum atomic E-state index is -1.34. The molecule has 0 rings (SSSR count). The van der Waals surface area contributed by atoms with E-state index < -0.39 is 23.5 Å².